The molecule has 0 aromatic rings. The van der Waals surface area contributed by atoms with Crippen LogP contribution >= 0.6 is 22.6 Å². The first kappa shape index (κ1) is 10.3. The van der Waals surface area contributed by atoms with Crippen LogP contribution in [0.15, 0.2) is 0 Å². The van der Waals surface area contributed by atoms with Crippen molar-refractivity contribution < 1.29 is 0 Å². The quantitative estimate of drug-likeness (QED) is 0.351. The lowest BCUT2D eigenvalue weighted by Crippen LogP contribution is -1.82. The number of halogens is 1. The van der Waals surface area contributed by atoms with Crippen molar-refractivity contribution in [3.8, 4) is 0 Å². The van der Waals surface area contributed by atoms with Gasteiger partial charge in [-0.1, -0.05) is 36.4 Å². The molecule has 0 fully saturated rings. The van der Waals surface area contributed by atoms with E-state index in [1.807, 2.05) is 0 Å². The van der Waals surface area contributed by atoms with Crippen molar-refractivity contribution in [3.63, 3.8) is 0 Å². The Morgan fingerprint density at radius 1 is 1.50 bits per heavy atom. The Hall–Kier alpha value is 1.26. The van der Waals surface area contributed by atoms with Crippen LogP contribution in [0.1, 0.15) is 13.8 Å². The van der Waals surface area contributed by atoms with Crippen LogP contribution in [-0.4, -0.2) is 21.8 Å². The van der Waals surface area contributed by atoms with Gasteiger partial charge < -0.3 is 0 Å². The lowest BCUT2D eigenvalue weighted by molar-refractivity contribution is 0.763. The summed E-state index contributed by atoms with van der Waals surface area (Å²) in [5.41, 5.74) is 0. The van der Waals surface area contributed by atoms with Crippen molar-refractivity contribution in [2.75, 3.05) is 4.43 Å². The standard InChI is InChI=1S/C4H9I.Al/c1-4(2)3-5;/h4H,3H2,1-2H3;. The zero-order chi connectivity index (χ0) is 4.28. The first-order valence-electron chi connectivity index (χ1n) is 1.83. The molecule has 6 heavy (non-hydrogen) atoms. The number of alkyl halides is 1. The van der Waals surface area contributed by atoms with Gasteiger partial charge in [0, 0.05) is 21.8 Å². The average Bonchev–Trinajstić information content (AvgIpc) is 1.38. The summed E-state index contributed by atoms with van der Waals surface area (Å²) in [7, 11) is 0. The Morgan fingerprint density at radius 2 is 1.67 bits per heavy atom. The van der Waals surface area contributed by atoms with E-state index in [1.165, 1.54) is 4.43 Å². The van der Waals surface area contributed by atoms with Gasteiger partial charge in [-0.05, 0) is 5.92 Å². The molecule has 0 rings (SSSR count). The van der Waals surface area contributed by atoms with E-state index in [9.17, 15) is 0 Å². The summed E-state index contributed by atoms with van der Waals surface area (Å²) in [6, 6.07) is 0. The number of rotatable bonds is 1. The normalized spacial score (nSPS) is 8.00. The third kappa shape index (κ3) is 8.98. The highest BCUT2D eigenvalue weighted by molar-refractivity contribution is 14.1. The van der Waals surface area contributed by atoms with Gasteiger partial charge in [-0.15, -0.1) is 0 Å². The molecule has 0 atom stereocenters. The van der Waals surface area contributed by atoms with Gasteiger partial charge in [-0.2, -0.15) is 0 Å². The monoisotopic (exact) mass is 211 g/mol. The average molecular weight is 211 g/mol. The van der Waals surface area contributed by atoms with Crippen molar-refractivity contribution in [2.45, 2.75) is 13.8 Å². The van der Waals surface area contributed by atoms with Gasteiger partial charge in [-0.25, -0.2) is 0 Å². The molecule has 0 unspecified atom stereocenters. The summed E-state index contributed by atoms with van der Waals surface area (Å²) in [5.74, 6) is 0.871. The maximum Gasteiger partial charge on any atom is 0.00184 e. The Bertz CT molecular complexity index is 21.5. The van der Waals surface area contributed by atoms with Crippen LogP contribution in [0.4, 0.5) is 0 Å². The zero-order valence-corrected chi connectivity index (χ0v) is 7.55. The highest BCUT2D eigenvalue weighted by atomic mass is 127. The van der Waals surface area contributed by atoms with E-state index in [4.69, 9.17) is 0 Å². The molecule has 0 saturated heterocycles. The molecule has 0 amide bonds. The predicted molar refractivity (Wildman–Crippen MR) is 39.5 cm³/mol. The molecule has 0 aromatic heterocycles. The molecule has 0 nitrogen and oxygen atoms in total. The highest BCUT2D eigenvalue weighted by Gasteiger charge is 1.81. The fourth-order valence-electron chi connectivity index (χ4n) is 0. The molecule has 0 heterocycles. The second-order valence-electron chi connectivity index (χ2n) is 1.55. The van der Waals surface area contributed by atoms with E-state index in [1.54, 1.807) is 0 Å². The molecule has 0 aromatic carbocycles. The lowest BCUT2D eigenvalue weighted by atomic mass is 10.3. The maximum atomic E-state index is 2.38. The van der Waals surface area contributed by atoms with E-state index in [2.05, 4.69) is 36.4 Å². The topological polar surface area (TPSA) is 0 Å². The van der Waals surface area contributed by atoms with Gasteiger partial charge in [0.1, 0.15) is 0 Å². The van der Waals surface area contributed by atoms with Crippen molar-refractivity contribution in [2.24, 2.45) is 5.92 Å². The van der Waals surface area contributed by atoms with Crippen LogP contribution in [0.25, 0.3) is 0 Å². The van der Waals surface area contributed by atoms with Crippen LogP contribution in [-0.2, 0) is 0 Å². The molecule has 0 N–H and O–H groups in total. The molecule has 3 radical (unpaired) electrons. The van der Waals surface area contributed by atoms with Crippen molar-refractivity contribution >= 4 is 40.0 Å². The lowest BCUT2D eigenvalue weighted by Gasteiger charge is -1.88. The summed E-state index contributed by atoms with van der Waals surface area (Å²) in [6.45, 7) is 4.43. The highest BCUT2D eigenvalue weighted by Crippen LogP contribution is 1.95. The van der Waals surface area contributed by atoms with E-state index in [0.717, 1.165) is 5.92 Å². The molecule has 0 bridgehead atoms. The summed E-state index contributed by atoms with van der Waals surface area (Å²) >= 11 is 2.38. The largest absolute Gasteiger partial charge is 0.0861 e. The molecule has 0 saturated carbocycles. The molecule has 0 aliphatic carbocycles. The fraction of sp³-hybridized carbons (Fsp3) is 1.00. The Balaban J connectivity index is 0. The Labute approximate surface area is 64.0 Å². The minimum Gasteiger partial charge on any atom is -0.0861 e. The van der Waals surface area contributed by atoms with Gasteiger partial charge in [0.05, 0.1) is 0 Å². The van der Waals surface area contributed by atoms with Crippen LogP contribution in [0.3, 0.4) is 0 Å². The first-order valence-corrected chi connectivity index (χ1v) is 3.36. The van der Waals surface area contributed by atoms with Crippen LogP contribution in [0, 0.1) is 5.92 Å². The van der Waals surface area contributed by atoms with E-state index >= 15 is 0 Å². The molecule has 0 aliphatic rings. The third-order valence-corrected chi connectivity index (χ3v) is 2.07. The number of hydrogen-bond donors (Lipinski definition) is 0. The summed E-state index contributed by atoms with van der Waals surface area (Å²) in [6.07, 6.45) is 0. The second kappa shape index (κ2) is 6.26. The van der Waals surface area contributed by atoms with Crippen molar-refractivity contribution in [3.05, 3.63) is 0 Å². The molecular weight excluding hydrogens is 202 g/mol. The van der Waals surface area contributed by atoms with E-state index in [0.29, 0.717) is 0 Å². The minimum atomic E-state index is 0. The van der Waals surface area contributed by atoms with Gasteiger partial charge in [-0.3, -0.25) is 0 Å². The molecular formula is C4H9AlI. The molecule has 2 heteroatoms. The SMILES string of the molecule is CC(C)CI.[Al]. The van der Waals surface area contributed by atoms with Crippen molar-refractivity contribution in [1.82, 2.24) is 0 Å². The minimum absolute atomic E-state index is 0. The first-order chi connectivity index (χ1) is 2.27. The smallest absolute Gasteiger partial charge is 0.00184 e. The molecule has 35 valence electrons. The van der Waals surface area contributed by atoms with E-state index < -0.39 is 0 Å². The zero-order valence-electron chi connectivity index (χ0n) is 4.24. The van der Waals surface area contributed by atoms with E-state index in [-0.39, 0.29) is 17.4 Å². The van der Waals surface area contributed by atoms with Crippen LogP contribution in [0.2, 0.25) is 0 Å². The van der Waals surface area contributed by atoms with Gasteiger partial charge in [0.15, 0.2) is 0 Å². The maximum absolute atomic E-state index is 2.38. The van der Waals surface area contributed by atoms with Crippen LogP contribution < -0.4 is 0 Å². The van der Waals surface area contributed by atoms with Gasteiger partial charge in [0.25, 0.3) is 0 Å². The molecule has 0 spiro atoms. The summed E-state index contributed by atoms with van der Waals surface area (Å²) in [4.78, 5) is 0. The fourth-order valence-corrected chi connectivity index (χ4v) is 0. The Morgan fingerprint density at radius 3 is 1.67 bits per heavy atom. The van der Waals surface area contributed by atoms with Crippen molar-refractivity contribution in [1.29, 1.82) is 0 Å². The van der Waals surface area contributed by atoms with Crippen LogP contribution in [0.5, 0.6) is 0 Å². The van der Waals surface area contributed by atoms with Gasteiger partial charge >= 0.3 is 0 Å². The third-order valence-electron chi connectivity index (χ3n) is 0.309. The number of hydrogen-bond acceptors (Lipinski definition) is 0. The summed E-state index contributed by atoms with van der Waals surface area (Å²) in [5, 5.41) is 0. The van der Waals surface area contributed by atoms with Gasteiger partial charge in [0.2, 0.25) is 0 Å². The molecule has 0 aliphatic heterocycles. The predicted octanol–water partition coefficient (Wildman–Crippen LogP) is 1.70. The second-order valence-corrected chi connectivity index (χ2v) is 2.43. The Kier molecular flexibility index (Phi) is 10.7. The summed E-state index contributed by atoms with van der Waals surface area (Å²) < 4.78 is 1.28.